The van der Waals surface area contributed by atoms with Crippen LogP contribution in [0.15, 0.2) is 36.5 Å². The highest BCUT2D eigenvalue weighted by molar-refractivity contribution is 5.92. The molecule has 1 aromatic heterocycles. The Hall–Kier alpha value is -2.43. The molecule has 2 heterocycles. The highest BCUT2D eigenvalue weighted by Crippen LogP contribution is 2.33. The summed E-state index contributed by atoms with van der Waals surface area (Å²) < 4.78 is 10.6. The molecule has 0 saturated carbocycles. The van der Waals surface area contributed by atoms with Crippen LogP contribution in [0.4, 0.5) is 0 Å². The molecule has 1 N–H and O–H groups in total. The minimum absolute atomic E-state index is 0.0577. The van der Waals surface area contributed by atoms with Crippen LogP contribution in [-0.4, -0.2) is 43.1 Å². The van der Waals surface area contributed by atoms with E-state index in [1.54, 1.807) is 20.4 Å². The van der Waals surface area contributed by atoms with Gasteiger partial charge in [0, 0.05) is 31.3 Å². The van der Waals surface area contributed by atoms with Crippen molar-refractivity contribution in [2.45, 2.75) is 12.3 Å². The smallest absolute Gasteiger partial charge is 0.270 e. The van der Waals surface area contributed by atoms with Crippen molar-refractivity contribution >= 4 is 5.91 Å². The number of H-pyrrole nitrogens is 1. The molecule has 0 unspecified atom stereocenters. The molecule has 3 rings (SSSR count). The summed E-state index contributed by atoms with van der Waals surface area (Å²) in [5, 5.41) is 0. The van der Waals surface area contributed by atoms with Crippen molar-refractivity contribution in [1.29, 1.82) is 0 Å². The lowest BCUT2D eigenvalue weighted by Gasteiger charge is -2.17. The van der Waals surface area contributed by atoms with Crippen molar-refractivity contribution in [3.63, 3.8) is 0 Å². The quantitative estimate of drug-likeness (QED) is 0.944. The molecule has 2 aromatic rings. The fraction of sp³-hybridized carbons (Fsp3) is 0.353. The molecule has 0 spiro atoms. The van der Waals surface area contributed by atoms with Crippen LogP contribution in [0.2, 0.25) is 0 Å². The summed E-state index contributed by atoms with van der Waals surface area (Å²) in [6, 6.07) is 9.56. The van der Waals surface area contributed by atoms with E-state index < -0.39 is 0 Å². The molecule has 0 bridgehead atoms. The van der Waals surface area contributed by atoms with Crippen molar-refractivity contribution in [2.75, 3.05) is 27.3 Å². The number of carbonyl (C=O) groups is 1. The molecule has 1 aromatic carbocycles. The molecule has 1 aliphatic rings. The molecule has 22 heavy (non-hydrogen) atoms. The highest BCUT2D eigenvalue weighted by atomic mass is 16.5. The molecule has 1 aliphatic heterocycles. The van der Waals surface area contributed by atoms with Gasteiger partial charge >= 0.3 is 0 Å². The number of nitrogens with zero attached hydrogens (tertiary/aromatic N) is 1. The van der Waals surface area contributed by atoms with Gasteiger partial charge in [-0.15, -0.1) is 0 Å². The van der Waals surface area contributed by atoms with Gasteiger partial charge in [-0.2, -0.15) is 0 Å². The molecule has 1 amide bonds. The number of ether oxygens (including phenoxy) is 2. The van der Waals surface area contributed by atoms with Crippen molar-refractivity contribution in [3.8, 4) is 11.5 Å². The fourth-order valence-corrected chi connectivity index (χ4v) is 2.92. The number of methoxy groups -OCH3 is 2. The molecular formula is C17H20N2O3. The van der Waals surface area contributed by atoms with Crippen molar-refractivity contribution in [2.24, 2.45) is 0 Å². The number of rotatable bonds is 4. The molecule has 1 saturated heterocycles. The van der Waals surface area contributed by atoms with E-state index in [1.807, 2.05) is 35.2 Å². The summed E-state index contributed by atoms with van der Waals surface area (Å²) in [6.45, 7) is 1.48. The van der Waals surface area contributed by atoms with E-state index in [2.05, 4.69) is 4.98 Å². The van der Waals surface area contributed by atoms with Crippen LogP contribution in [0.1, 0.15) is 28.4 Å². The van der Waals surface area contributed by atoms with E-state index in [-0.39, 0.29) is 5.91 Å². The third kappa shape index (κ3) is 2.79. The van der Waals surface area contributed by atoms with Gasteiger partial charge in [-0.1, -0.05) is 0 Å². The third-order valence-corrected chi connectivity index (χ3v) is 4.15. The van der Waals surface area contributed by atoms with E-state index in [4.69, 9.17) is 9.47 Å². The molecule has 1 atom stereocenters. The van der Waals surface area contributed by atoms with Crippen molar-refractivity contribution in [1.82, 2.24) is 9.88 Å². The van der Waals surface area contributed by atoms with E-state index >= 15 is 0 Å². The van der Waals surface area contributed by atoms with Gasteiger partial charge in [-0.25, -0.2) is 0 Å². The van der Waals surface area contributed by atoms with Gasteiger partial charge in [0.05, 0.1) is 14.2 Å². The lowest BCUT2D eigenvalue weighted by atomic mass is 9.98. The summed E-state index contributed by atoms with van der Waals surface area (Å²) in [6.07, 6.45) is 2.72. The largest absolute Gasteiger partial charge is 0.497 e. The molecule has 0 aliphatic carbocycles. The number of hydrogen-bond donors (Lipinski definition) is 1. The summed E-state index contributed by atoms with van der Waals surface area (Å²) in [5.74, 6) is 1.93. The van der Waals surface area contributed by atoms with Crippen LogP contribution in [0.5, 0.6) is 11.5 Å². The van der Waals surface area contributed by atoms with Gasteiger partial charge in [-0.05, 0) is 36.2 Å². The first-order valence-electron chi connectivity index (χ1n) is 7.37. The fourth-order valence-electron chi connectivity index (χ4n) is 2.92. The highest BCUT2D eigenvalue weighted by Gasteiger charge is 2.28. The van der Waals surface area contributed by atoms with E-state index in [9.17, 15) is 4.79 Å². The second-order valence-corrected chi connectivity index (χ2v) is 5.47. The van der Waals surface area contributed by atoms with Crippen LogP contribution in [0.25, 0.3) is 0 Å². The number of nitrogens with one attached hydrogen (secondary N) is 1. The molecule has 116 valence electrons. The predicted octanol–water partition coefficient (Wildman–Crippen LogP) is 2.66. The number of hydrogen-bond acceptors (Lipinski definition) is 3. The third-order valence-electron chi connectivity index (χ3n) is 4.15. The Labute approximate surface area is 129 Å². The second kappa shape index (κ2) is 6.13. The zero-order valence-corrected chi connectivity index (χ0v) is 12.8. The number of aromatic nitrogens is 1. The molecule has 5 nitrogen and oxygen atoms in total. The summed E-state index contributed by atoms with van der Waals surface area (Å²) in [7, 11) is 3.29. The van der Waals surface area contributed by atoms with Crippen molar-refractivity contribution in [3.05, 3.63) is 47.8 Å². The minimum atomic E-state index is 0.0577. The van der Waals surface area contributed by atoms with Gasteiger partial charge in [-0.3, -0.25) is 4.79 Å². The maximum absolute atomic E-state index is 12.4. The molecule has 5 heteroatoms. The first-order chi connectivity index (χ1) is 10.7. The van der Waals surface area contributed by atoms with Gasteiger partial charge in [0.25, 0.3) is 5.91 Å². The second-order valence-electron chi connectivity index (χ2n) is 5.47. The number of aromatic amines is 1. The zero-order valence-electron chi connectivity index (χ0n) is 12.8. The topological polar surface area (TPSA) is 54.6 Å². The van der Waals surface area contributed by atoms with Crippen LogP contribution in [0, 0.1) is 0 Å². The van der Waals surface area contributed by atoms with Crippen LogP contribution in [0.3, 0.4) is 0 Å². The Morgan fingerprint density at radius 1 is 1.23 bits per heavy atom. The average Bonchev–Trinajstić information content (AvgIpc) is 3.25. The standard InChI is InChI=1S/C17H20N2O3/c1-21-14-8-13(9-15(10-14)22-2)12-5-7-19(11-12)17(20)16-4-3-6-18-16/h3-4,6,8-10,12,18H,5,7,11H2,1-2H3/t12-/m0/s1. The first kappa shape index (κ1) is 14.5. The lowest BCUT2D eigenvalue weighted by Crippen LogP contribution is -2.28. The SMILES string of the molecule is COc1cc(OC)cc([C@H]2CCN(C(=O)c3ccc[nH]3)C2)c1. The average molecular weight is 300 g/mol. The van der Waals surface area contributed by atoms with Gasteiger partial charge in [0.1, 0.15) is 17.2 Å². The monoisotopic (exact) mass is 300 g/mol. The Morgan fingerprint density at radius 3 is 2.55 bits per heavy atom. The normalized spacial score (nSPS) is 17.5. The minimum Gasteiger partial charge on any atom is -0.497 e. The number of carbonyl (C=O) groups excluding carboxylic acids is 1. The molecule has 1 fully saturated rings. The number of benzene rings is 1. The van der Waals surface area contributed by atoms with Gasteiger partial charge < -0.3 is 19.4 Å². The summed E-state index contributed by atoms with van der Waals surface area (Å²) >= 11 is 0. The summed E-state index contributed by atoms with van der Waals surface area (Å²) in [4.78, 5) is 17.2. The predicted molar refractivity (Wildman–Crippen MR) is 83.6 cm³/mol. The van der Waals surface area contributed by atoms with Gasteiger partial charge in [0.15, 0.2) is 0 Å². The van der Waals surface area contributed by atoms with E-state index in [0.29, 0.717) is 18.2 Å². The van der Waals surface area contributed by atoms with Crippen molar-refractivity contribution < 1.29 is 14.3 Å². The van der Waals surface area contributed by atoms with Crippen LogP contribution < -0.4 is 9.47 Å². The maximum Gasteiger partial charge on any atom is 0.270 e. The number of likely N-dealkylation sites (tertiary alicyclic amines) is 1. The number of amides is 1. The van der Waals surface area contributed by atoms with E-state index in [0.717, 1.165) is 30.0 Å². The van der Waals surface area contributed by atoms with E-state index in [1.165, 1.54) is 0 Å². The summed E-state index contributed by atoms with van der Waals surface area (Å²) in [5.41, 5.74) is 1.79. The Morgan fingerprint density at radius 2 is 1.95 bits per heavy atom. The van der Waals surface area contributed by atoms with Crippen LogP contribution in [-0.2, 0) is 0 Å². The Kier molecular flexibility index (Phi) is 4.04. The molecule has 0 radical (unpaired) electrons. The Balaban J connectivity index is 1.76. The zero-order chi connectivity index (χ0) is 15.5. The first-order valence-corrected chi connectivity index (χ1v) is 7.37. The van der Waals surface area contributed by atoms with Gasteiger partial charge in [0.2, 0.25) is 0 Å². The maximum atomic E-state index is 12.4. The van der Waals surface area contributed by atoms with Crippen LogP contribution >= 0.6 is 0 Å². The lowest BCUT2D eigenvalue weighted by molar-refractivity contribution is 0.0785. The Bertz CT molecular complexity index is 630. The molecular weight excluding hydrogens is 280 g/mol.